The van der Waals surface area contributed by atoms with Gasteiger partial charge in [-0.2, -0.15) is 4.98 Å². The van der Waals surface area contributed by atoms with Crippen molar-refractivity contribution < 1.29 is 14.7 Å². The molecule has 1 atom stereocenters. The quantitative estimate of drug-likeness (QED) is 0.536. The summed E-state index contributed by atoms with van der Waals surface area (Å²) >= 11 is 6.38. The lowest BCUT2D eigenvalue weighted by Crippen LogP contribution is -2.27. The van der Waals surface area contributed by atoms with Crippen LogP contribution in [0.4, 0.5) is 0 Å². The first-order valence-corrected chi connectivity index (χ1v) is 9.20. The molecule has 1 aliphatic carbocycles. The van der Waals surface area contributed by atoms with Crippen LogP contribution in [-0.4, -0.2) is 40.9 Å². The van der Waals surface area contributed by atoms with Crippen molar-refractivity contribution >= 4 is 28.2 Å². The van der Waals surface area contributed by atoms with Crippen LogP contribution < -0.4 is 5.56 Å². The number of nitrogens with zero attached hydrogens (tertiary/aromatic N) is 5. The Morgan fingerprint density at radius 2 is 2.14 bits per heavy atom. The molecule has 10 heteroatoms. The van der Waals surface area contributed by atoms with Gasteiger partial charge in [0.1, 0.15) is 23.1 Å². The molecular weight excluding hydrogens is 386 g/mol. The summed E-state index contributed by atoms with van der Waals surface area (Å²) in [5.74, 6) is 0.246. The third kappa shape index (κ3) is 2.33. The third-order valence-electron chi connectivity index (χ3n) is 5.12. The van der Waals surface area contributed by atoms with Gasteiger partial charge in [-0.15, -0.1) is 0 Å². The minimum absolute atomic E-state index is 0.122. The lowest BCUT2D eigenvalue weighted by Gasteiger charge is -2.18. The van der Waals surface area contributed by atoms with E-state index in [4.69, 9.17) is 16.1 Å². The highest BCUT2D eigenvalue weighted by molar-refractivity contribution is 6.35. The zero-order valence-electron chi connectivity index (χ0n) is 14.8. The maximum absolute atomic E-state index is 13.4. The second kappa shape index (κ2) is 5.87. The second-order valence-corrected chi connectivity index (χ2v) is 7.49. The SMILES string of the molecule is CC(CO)n1c(=O)c2c(-c3noc(C4(O)CC4)n3)ncn2c2cccc(Cl)c21. The van der Waals surface area contributed by atoms with E-state index >= 15 is 0 Å². The van der Waals surface area contributed by atoms with Crippen molar-refractivity contribution in [3.05, 3.63) is 45.8 Å². The summed E-state index contributed by atoms with van der Waals surface area (Å²) in [5.41, 5.74) is 0.187. The molecule has 0 saturated heterocycles. The first-order chi connectivity index (χ1) is 13.4. The van der Waals surface area contributed by atoms with Gasteiger partial charge in [-0.25, -0.2) is 4.98 Å². The number of aromatic nitrogens is 5. The van der Waals surface area contributed by atoms with Gasteiger partial charge in [0.2, 0.25) is 5.82 Å². The van der Waals surface area contributed by atoms with E-state index in [1.807, 2.05) is 6.07 Å². The van der Waals surface area contributed by atoms with E-state index in [-0.39, 0.29) is 35.1 Å². The van der Waals surface area contributed by atoms with Crippen LogP contribution in [0, 0.1) is 0 Å². The van der Waals surface area contributed by atoms with Gasteiger partial charge in [0.05, 0.1) is 28.7 Å². The largest absolute Gasteiger partial charge is 0.394 e. The van der Waals surface area contributed by atoms with Crippen LogP contribution in [0.3, 0.4) is 0 Å². The molecule has 4 aromatic rings. The molecule has 0 amide bonds. The summed E-state index contributed by atoms with van der Waals surface area (Å²) in [6, 6.07) is 4.77. The maximum Gasteiger partial charge on any atom is 0.278 e. The molecule has 0 bridgehead atoms. The summed E-state index contributed by atoms with van der Waals surface area (Å²) in [7, 11) is 0. The summed E-state index contributed by atoms with van der Waals surface area (Å²) in [4.78, 5) is 21.9. The van der Waals surface area contributed by atoms with Crippen molar-refractivity contribution in [3.63, 3.8) is 0 Å². The molecule has 3 aromatic heterocycles. The van der Waals surface area contributed by atoms with Crippen LogP contribution in [0.2, 0.25) is 5.02 Å². The first-order valence-electron chi connectivity index (χ1n) is 8.82. The van der Waals surface area contributed by atoms with Crippen LogP contribution in [0.25, 0.3) is 28.1 Å². The van der Waals surface area contributed by atoms with Gasteiger partial charge in [-0.3, -0.25) is 13.8 Å². The van der Waals surface area contributed by atoms with Crippen molar-refractivity contribution in [2.24, 2.45) is 0 Å². The zero-order chi connectivity index (χ0) is 19.6. The predicted octanol–water partition coefficient (Wildman–Crippen LogP) is 1.89. The highest BCUT2D eigenvalue weighted by Crippen LogP contribution is 2.44. The van der Waals surface area contributed by atoms with E-state index in [0.29, 0.717) is 28.9 Å². The van der Waals surface area contributed by atoms with E-state index in [9.17, 15) is 15.0 Å². The fourth-order valence-electron chi connectivity index (χ4n) is 3.39. The molecule has 1 aromatic carbocycles. The Morgan fingerprint density at radius 1 is 1.36 bits per heavy atom. The number of para-hydroxylation sites is 1. The summed E-state index contributed by atoms with van der Waals surface area (Å²) in [6.07, 6.45) is 2.62. The molecule has 1 fully saturated rings. The van der Waals surface area contributed by atoms with E-state index < -0.39 is 11.6 Å². The number of aliphatic hydroxyl groups is 2. The maximum atomic E-state index is 13.4. The number of hydrogen-bond donors (Lipinski definition) is 2. The molecule has 0 radical (unpaired) electrons. The third-order valence-corrected chi connectivity index (χ3v) is 5.42. The number of rotatable bonds is 4. The number of halogens is 1. The number of fused-ring (bicyclic) bond motifs is 3. The lowest BCUT2D eigenvalue weighted by atomic mass is 10.2. The molecule has 1 aliphatic rings. The zero-order valence-corrected chi connectivity index (χ0v) is 15.6. The molecule has 9 nitrogen and oxygen atoms in total. The topological polar surface area (TPSA) is 119 Å². The van der Waals surface area contributed by atoms with Crippen molar-refractivity contribution in [1.82, 2.24) is 24.1 Å². The lowest BCUT2D eigenvalue weighted by molar-refractivity contribution is 0.108. The number of hydrogen-bond acceptors (Lipinski definition) is 7. The molecule has 5 rings (SSSR count). The van der Waals surface area contributed by atoms with Gasteiger partial charge in [-0.1, -0.05) is 22.8 Å². The monoisotopic (exact) mass is 401 g/mol. The van der Waals surface area contributed by atoms with Crippen molar-refractivity contribution in [2.75, 3.05) is 6.61 Å². The smallest absolute Gasteiger partial charge is 0.278 e. The predicted molar refractivity (Wildman–Crippen MR) is 100 cm³/mol. The molecule has 1 saturated carbocycles. The van der Waals surface area contributed by atoms with E-state index in [2.05, 4.69) is 15.1 Å². The molecule has 0 spiro atoms. The van der Waals surface area contributed by atoms with Gasteiger partial charge < -0.3 is 14.7 Å². The normalized spacial score (nSPS) is 16.7. The minimum Gasteiger partial charge on any atom is -0.394 e. The van der Waals surface area contributed by atoms with Crippen LogP contribution in [0.15, 0.2) is 33.8 Å². The second-order valence-electron chi connectivity index (χ2n) is 7.08. The molecule has 144 valence electrons. The molecule has 0 aliphatic heterocycles. The Balaban J connectivity index is 1.84. The molecule has 28 heavy (non-hydrogen) atoms. The summed E-state index contributed by atoms with van der Waals surface area (Å²) in [5, 5.41) is 24.1. The molecule has 2 N–H and O–H groups in total. The van der Waals surface area contributed by atoms with Gasteiger partial charge in [0.25, 0.3) is 11.4 Å². The van der Waals surface area contributed by atoms with E-state index in [1.54, 1.807) is 23.5 Å². The fourth-order valence-corrected chi connectivity index (χ4v) is 3.66. The Morgan fingerprint density at radius 3 is 2.86 bits per heavy atom. The average Bonchev–Trinajstić information content (AvgIpc) is 3.12. The molecule has 3 heterocycles. The Hall–Kier alpha value is -2.75. The number of aliphatic hydroxyl groups excluding tert-OH is 1. The van der Waals surface area contributed by atoms with Crippen molar-refractivity contribution in [3.8, 4) is 11.5 Å². The molecular formula is C18H16ClN5O4. The Bertz CT molecular complexity index is 1290. The fraction of sp³-hybridized carbons (Fsp3) is 0.333. The van der Waals surface area contributed by atoms with Gasteiger partial charge in [-0.05, 0) is 31.9 Å². The van der Waals surface area contributed by atoms with E-state index in [1.165, 1.54) is 10.9 Å². The van der Waals surface area contributed by atoms with Gasteiger partial charge in [0.15, 0.2) is 0 Å². The summed E-state index contributed by atoms with van der Waals surface area (Å²) < 4.78 is 8.26. The highest BCUT2D eigenvalue weighted by atomic mass is 35.5. The standard InChI is InChI=1S/C18H16ClN5O4/c1-9(7-25)24-13-10(19)3-2-4-11(13)23-8-20-12(14(23)16(24)26)15-21-17(28-22-15)18(27)5-6-18/h2-4,8-9,25,27H,5-7H2,1H3. The van der Waals surface area contributed by atoms with E-state index in [0.717, 1.165) is 0 Å². The van der Waals surface area contributed by atoms with Gasteiger partial charge >= 0.3 is 0 Å². The first kappa shape index (κ1) is 17.4. The van der Waals surface area contributed by atoms with Crippen LogP contribution in [0.1, 0.15) is 31.7 Å². The van der Waals surface area contributed by atoms with Crippen LogP contribution in [-0.2, 0) is 5.60 Å². The van der Waals surface area contributed by atoms with Crippen LogP contribution in [0.5, 0.6) is 0 Å². The Kier molecular flexibility index (Phi) is 3.64. The molecule has 1 unspecified atom stereocenters. The minimum atomic E-state index is -1.08. The Labute approximate surface area is 162 Å². The van der Waals surface area contributed by atoms with Gasteiger partial charge in [0, 0.05) is 0 Å². The van der Waals surface area contributed by atoms with Crippen molar-refractivity contribution in [2.45, 2.75) is 31.4 Å². The number of imidazole rings is 1. The summed E-state index contributed by atoms with van der Waals surface area (Å²) in [6.45, 7) is 1.49. The van der Waals surface area contributed by atoms with Crippen molar-refractivity contribution in [1.29, 1.82) is 0 Å². The average molecular weight is 402 g/mol. The van der Waals surface area contributed by atoms with Crippen LogP contribution >= 0.6 is 11.6 Å². The number of benzene rings is 1. The highest BCUT2D eigenvalue weighted by Gasteiger charge is 2.48.